The topological polar surface area (TPSA) is 149 Å². The summed E-state index contributed by atoms with van der Waals surface area (Å²) < 4.78 is 11.3. The Morgan fingerprint density at radius 3 is 1.28 bits per heavy atom. The molecule has 0 aromatic rings. The smallest absolute Gasteiger partial charge is 0.220 e. The first-order chi connectivity index (χ1) is 36.8. The number of carbonyl (C=O) groups excluding carboxylic acids is 1. The van der Waals surface area contributed by atoms with Gasteiger partial charge >= 0.3 is 0 Å². The van der Waals surface area contributed by atoms with Gasteiger partial charge in [0.2, 0.25) is 5.91 Å². The second kappa shape index (κ2) is 54.5. The number of rotatable bonds is 52. The predicted molar refractivity (Wildman–Crippen MR) is 318 cm³/mol. The largest absolute Gasteiger partial charge is 0.394 e. The van der Waals surface area contributed by atoms with Gasteiger partial charge in [-0.25, -0.2) is 0 Å². The zero-order valence-corrected chi connectivity index (χ0v) is 48.0. The van der Waals surface area contributed by atoms with Crippen molar-refractivity contribution in [1.29, 1.82) is 0 Å². The molecule has 432 valence electrons. The molecule has 1 rings (SSSR count). The van der Waals surface area contributed by atoms with E-state index in [0.717, 1.165) is 77.0 Å². The first-order valence-corrected chi connectivity index (χ1v) is 31.0. The van der Waals surface area contributed by atoms with Crippen LogP contribution in [0.5, 0.6) is 0 Å². The Kier molecular flexibility index (Phi) is 50.9. The number of aliphatic hydroxyl groups is 5. The number of hydrogen-bond donors (Lipinski definition) is 6. The molecular formula is C66H115NO8. The van der Waals surface area contributed by atoms with Gasteiger partial charge in [-0.05, 0) is 89.9 Å². The number of hydrogen-bond acceptors (Lipinski definition) is 8. The first-order valence-electron chi connectivity index (χ1n) is 31.0. The van der Waals surface area contributed by atoms with E-state index in [2.05, 4.69) is 104 Å². The van der Waals surface area contributed by atoms with Crippen LogP contribution in [0.15, 0.2) is 97.2 Å². The lowest BCUT2D eigenvalue weighted by Gasteiger charge is -2.40. The number of aliphatic hydroxyl groups excluding tert-OH is 5. The number of carbonyl (C=O) groups is 1. The zero-order chi connectivity index (χ0) is 54.3. The van der Waals surface area contributed by atoms with Crippen LogP contribution in [0, 0.1) is 0 Å². The van der Waals surface area contributed by atoms with Gasteiger partial charge in [0.25, 0.3) is 0 Å². The van der Waals surface area contributed by atoms with E-state index < -0.39 is 49.5 Å². The molecule has 0 spiro atoms. The van der Waals surface area contributed by atoms with E-state index in [1.807, 2.05) is 6.08 Å². The Morgan fingerprint density at radius 2 is 0.840 bits per heavy atom. The minimum atomic E-state index is -1.58. The number of ether oxygens (including phenoxy) is 2. The molecule has 1 aliphatic rings. The molecule has 0 radical (unpaired) electrons. The third-order valence-electron chi connectivity index (χ3n) is 14.1. The Morgan fingerprint density at radius 1 is 0.467 bits per heavy atom. The molecule has 1 heterocycles. The highest BCUT2D eigenvalue weighted by atomic mass is 16.7. The molecule has 0 aliphatic carbocycles. The van der Waals surface area contributed by atoms with Gasteiger partial charge in [-0.3, -0.25) is 4.79 Å². The Labute approximate surface area is 460 Å². The van der Waals surface area contributed by atoms with Crippen molar-refractivity contribution in [2.45, 2.75) is 301 Å². The maximum atomic E-state index is 13.1. The highest BCUT2D eigenvalue weighted by Gasteiger charge is 2.44. The minimum absolute atomic E-state index is 0.194. The molecule has 9 nitrogen and oxygen atoms in total. The number of nitrogens with one attached hydrogen (secondary N) is 1. The van der Waals surface area contributed by atoms with Crippen molar-refractivity contribution >= 4 is 5.91 Å². The summed E-state index contributed by atoms with van der Waals surface area (Å²) in [6.07, 6.45) is 71.9. The molecule has 75 heavy (non-hydrogen) atoms. The standard InChI is InChI=1S/C66H115NO8/c1-3-5-7-9-11-13-15-17-19-21-23-25-27-28-29-30-31-32-34-36-38-40-42-44-46-48-50-52-54-56-62(70)67-59(58-74-66-65(73)64(72)63(71)61(57-68)75-66)60(69)55-53-51-49-47-45-43-41-39-37-35-33-26-24-22-20-18-16-14-12-10-8-6-4-2/h5,7,11,13,17,19,23,25,28-29,37,39,45,47,53,55,59-61,63-66,68-69,71-73H,3-4,6,8-10,12,14-16,18,20-22,24,26-27,30-36,38,40-44,46,48-52,54,56-58H2,1-2H3,(H,67,70)/b7-5-,13-11-,19-17-,25-23-,29-28-,39-37+,47-45+,55-53+. The first kappa shape index (κ1) is 70.1. The maximum absolute atomic E-state index is 13.1. The normalized spacial score (nSPS) is 19.6. The predicted octanol–water partition coefficient (Wildman–Crippen LogP) is 16.0. The zero-order valence-electron chi connectivity index (χ0n) is 48.0. The van der Waals surface area contributed by atoms with E-state index in [0.29, 0.717) is 6.42 Å². The highest BCUT2D eigenvalue weighted by Crippen LogP contribution is 2.23. The molecule has 6 N–H and O–H groups in total. The van der Waals surface area contributed by atoms with Gasteiger partial charge in [-0.15, -0.1) is 0 Å². The number of allylic oxidation sites excluding steroid dienone is 15. The van der Waals surface area contributed by atoms with Crippen LogP contribution >= 0.6 is 0 Å². The lowest BCUT2D eigenvalue weighted by Crippen LogP contribution is -2.60. The van der Waals surface area contributed by atoms with Crippen molar-refractivity contribution in [3.05, 3.63) is 97.2 Å². The van der Waals surface area contributed by atoms with Gasteiger partial charge in [0.1, 0.15) is 24.4 Å². The van der Waals surface area contributed by atoms with Crippen LogP contribution in [0.1, 0.15) is 258 Å². The second-order valence-electron chi connectivity index (χ2n) is 21.1. The molecule has 0 bridgehead atoms. The fraction of sp³-hybridized carbons (Fsp3) is 0.742. The van der Waals surface area contributed by atoms with Gasteiger partial charge in [0, 0.05) is 6.42 Å². The molecule has 0 aromatic carbocycles. The summed E-state index contributed by atoms with van der Waals surface area (Å²) in [5.41, 5.74) is 0. The maximum Gasteiger partial charge on any atom is 0.220 e. The van der Waals surface area contributed by atoms with Crippen LogP contribution in [0.3, 0.4) is 0 Å². The van der Waals surface area contributed by atoms with Crippen molar-refractivity contribution < 1.29 is 39.8 Å². The fourth-order valence-electron chi connectivity index (χ4n) is 9.28. The van der Waals surface area contributed by atoms with Crippen molar-refractivity contribution in [3.8, 4) is 0 Å². The van der Waals surface area contributed by atoms with Gasteiger partial charge in [0.15, 0.2) is 6.29 Å². The Bertz CT molecular complexity index is 1500. The molecule has 1 saturated heterocycles. The van der Waals surface area contributed by atoms with Crippen LogP contribution in [-0.2, 0) is 14.3 Å². The highest BCUT2D eigenvalue weighted by molar-refractivity contribution is 5.76. The Balaban J connectivity index is 2.23. The lowest BCUT2D eigenvalue weighted by molar-refractivity contribution is -0.302. The molecule has 9 heteroatoms. The molecule has 7 atom stereocenters. The van der Waals surface area contributed by atoms with Crippen molar-refractivity contribution in [1.82, 2.24) is 5.32 Å². The molecule has 0 aromatic heterocycles. The lowest BCUT2D eigenvalue weighted by atomic mass is 9.99. The SMILES string of the molecule is CC/C=C\C/C=C\C/C=C\C/C=C\C/C=C\CCCCCCCCCCCCCCCC(=O)NC(COC1OC(CO)C(O)C(O)C1O)C(O)/C=C/CC/C=C/CC/C=C/CCCCCCCCCCCCCCC. The van der Waals surface area contributed by atoms with Gasteiger partial charge in [0.05, 0.1) is 25.4 Å². The van der Waals surface area contributed by atoms with Gasteiger partial charge < -0.3 is 40.3 Å². The third kappa shape index (κ3) is 43.7. The average Bonchev–Trinajstić information content (AvgIpc) is 3.41. The minimum Gasteiger partial charge on any atom is -0.394 e. The van der Waals surface area contributed by atoms with Gasteiger partial charge in [-0.2, -0.15) is 0 Å². The van der Waals surface area contributed by atoms with E-state index in [-0.39, 0.29) is 12.5 Å². The van der Waals surface area contributed by atoms with Crippen molar-refractivity contribution in [2.24, 2.45) is 0 Å². The molecule has 0 saturated carbocycles. The van der Waals surface area contributed by atoms with E-state index in [9.17, 15) is 30.3 Å². The number of unbranched alkanes of at least 4 members (excludes halogenated alkanes) is 28. The Hall–Kier alpha value is -2.89. The molecule has 7 unspecified atom stereocenters. The second-order valence-corrected chi connectivity index (χ2v) is 21.1. The summed E-state index contributed by atoms with van der Waals surface area (Å²) >= 11 is 0. The van der Waals surface area contributed by atoms with Crippen LogP contribution in [0.2, 0.25) is 0 Å². The molecular weight excluding hydrogens is 935 g/mol. The van der Waals surface area contributed by atoms with E-state index in [1.165, 1.54) is 161 Å². The van der Waals surface area contributed by atoms with Gasteiger partial charge in [-0.1, -0.05) is 259 Å². The summed E-state index contributed by atoms with van der Waals surface area (Å²) in [5, 5.41) is 54.6. The van der Waals surface area contributed by atoms with E-state index >= 15 is 0 Å². The average molecular weight is 1050 g/mol. The molecule has 1 fully saturated rings. The summed E-state index contributed by atoms with van der Waals surface area (Å²) in [5.74, 6) is -0.194. The van der Waals surface area contributed by atoms with Crippen LogP contribution < -0.4 is 5.32 Å². The summed E-state index contributed by atoms with van der Waals surface area (Å²) in [4.78, 5) is 13.1. The monoisotopic (exact) mass is 1050 g/mol. The summed E-state index contributed by atoms with van der Waals surface area (Å²) in [6, 6.07) is -0.835. The third-order valence-corrected chi connectivity index (χ3v) is 14.1. The number of amides is 1. The summed E-state index contributed by atoms with van der Waals surface area (Å²) in [6.45, 7) is 3.66. The molecule has 1 aliphatic heterocycles. The van der Waals surface area contributed by atoms with E-state index in [4.69, 9.17) is 9.47 Å². The van der Waals surface area contributed by atoms with Crippen molar-refractivity contribution in [3.63, 3.8) is 0 Å². The molecule has 1 amide bonds. The van der Waals surface area contributed by atoms with Crippen LogP contribution in [-0.4, -0.2) is 87.5 Å². The van der Waals surface area contributed by atoms with Crippen LogP contribution in [0.4, 0.5) is 0 Å². The fourth-order valence-corrected chi connectivity index (χ4v) is 9.28. The van der Waals surface area contributed by atoms with Crippen LogP contribution in [0.25, 0.3) is 0 Å². The van der Waals surface area contributed by atoms with E-state index in [1.54, 1.807) is 6.08 Å². The van der Waals surface area contributed by atoms with Crippen molar-refractivity contribution in [2.75, 3.05) is 13.2 Å². The summed E-state index contributed by atoms with van der Waals surface area (Å²) in [7, 11) is 0. The quantitative estimate of drug-likeness (QED) is 0.0261.